The van der Waals surface area contributed by atoms with Gasteiger partial charge in [0.25, 0.3) is 0 Å². The van der Waals surface area contributed by atoms with Gasteiger partial charge in [0.05, 0.1) is 11.1 Å². The van der Waals surface area contributed by atoms with E-state index in [9.17, 15) is 0 Å². The predicted octanol–water partition coefficient (Wildman–Crippen LogP) is 10.8. The first-order chi connectivity index (χ1) is 24.8. The number of rotatable bonds is 4. The van der Waals surface area contributed by atoms with E-state index >= 15 is 0 Å². The summed E-state index contributed by atoms with van der Waals surface area (Å²) in [5.41, 5.74) is 11.9. The van der Waals surface area contributed by atoms with Gasteiger partial charge in [0, 0.05) is 38.2 Å². The first-order valence-electron chi connectivity index (χ1n) is 16.7. The Morgan fingerprint density at radius 3 is 1.54 bits per heavy atom. The Bertz CT molecular complexity index is 2480. The fourth-order valence-corrected chi connectivity index (χ4v) is 9.10. The van der Waals surface area contributed by atoms with Crippen molar-refractivity contribution >= 4 is 11.8 Å². The van der Waals surface area contributed by atoms with E-state index in [1.165, 1.54) is 43.2 Å². The van der Waals surface area contributed by atoms with Gasteiger partial charge in [-0.3, -0.25) is 4.98 Å². The first-order valence-corrected chi connectivity index (χ1v) is 17.6. The summed E-state index contributed by atoms with van der Waals surface area (Å²) in [7, 11) is 0. The molecule has 0 saturated carbocycles. The SMILES string of the molecule is c1ccc(-c2nc(-c3ccccc3)nc(-c3cccnc3-c3cccc4c3Sc3ccccc3C43c4ccccc4-c4ccccc43)n2)cc1. The van der Waals surface area contributed by atoms with E-state index in [0.717, 1.165) is 27.9 Å². The van der Waals surface area contributed by atoms with Crippen molar-refractivity contribution in [2.75, 3.05) is 0 Å². The summed E-state index contributed by atoms with van der Waals surface area (Å²) < 4.78 is 0. The summed E-state index contributed by atoms with van der Waals surface area (Å²) >= 11 is 1.82. The van der Waals surface area contributed by atoms with Gasteiger partial charge in [-0.15, -0.1) is 0 Å². The van der Waals surface area contributed by atoms with Crippen LogP contribution in [0.25, 0.3) is 56.5 Å². The number of hydrogen-bond acceptors (Lipinski definition) is 5. The van der Waals surface area contributed by atoms with Crippen LogP contribution in [0.4, 0.5) is 0 Å². The van der Waals surface area contributed by atoms with Crippen LogP contribution in [0.5, 0.6) is 0 Å². The molecule has 1 spiro atoms. The third-order valence-corrected chi connectivity index (χ3v) is 11.1. The molecule has 8 aromatic rings. The van der Waals surface area contributed by atoms with Crippen molar-refractivity contribution in [2.24, 2.45) is 0 Å². The van der Waals surface area contributed by atoms with Gasteiger partial charge in [-0.2, -0.15) is 0 Å². The molecule has 3 heterocycles. The summed E-state index contributed by atoms with van der Waals surface area (Å²) in [4.78, 5) is 22.7. The topological polar surface area (TPSA) is 51.6 Å². The van der Waals surface area contributed by atoms with Crippen molar-refractivity contribution in [1.29, 1.82) is 0 Å². The molecule has 1 aliphatic carbocycles. The van der Waals surface area contributed by atoms with Gasteiger partial charge in [0.15, 0.2) is 17.5 Å². The second-order valence-corrected chi connectivity index (χ2v) is 13.6. The van der Waals surface area contributed by atoms with E-state index in [0.29, 0.717) is 17.5 Å². The smallest absolute Gasteiger partial charge is 0.166 e. The number of fused-ring (bicyclic) bond motifs is 9. The monoisotopic (exact) mass is 656 g/mol. The molecule has 0 bridgehead atoms. The second kappa shape index (κ2) is 11.5. The van der Waals surface area contributed by atoms with Crippen LogP contribution in [0, 0.1) is 0 Å². The van der Waals surface area contributed by atoms with Gasteiger partial charge >= 0.3 is 0 Å². The quantitative estimate of drug-likeness (QED) is 0.189. The average Bonchev–Trinajstić information content (AvgIpc) is 3.49. The van der Waals surface area contributed by atoms with E-state index < -0.39 is 5.41 Å². The Morgan fingerprint density at radius 1 is 0.380 bits per heavy atom. The molecule has 2 aliphatic rings. The minimum atomic E-state index is -0.469. The van der Waals surface area contributed by atoms with Crippen molar-refractivity contribution in [1.82, 2.24) is 19.9 Å². The number of aromatic nitrogens is 4. The predicted molar refractivity (Wildman–Crippen MR) is 201 cm³/mol. The lowest BCUT2D eigenvalue weighted by Crippen LogP contribution is -2.32. The minimum Gasteiger partial charge on any atom is -0.255 e. The van der Waals surface area contributed by atoms with Gasteiger partial charge in [-0.25, -0.2) is 15.0 Å². The molecule has 50 heavy (non-hydrogen) atoms. The van der Waals surface area contributed by atoms with Gasteiger partial charge < -0.3 is 0 Å². The van der Waals surface area contributed by atoms with Crippen LogP contribution in [0.15, 0.2) is 180 Å². The van der Waals surface area contributed by atoms with Gasteiger partial charge in [0.1, 0.15) is 0 Å². The summed E-state index contributed by atoms with van der Waals surface area (Å²) in [6.07, 6.45) is 1.87. The molecule has 2 aromatic heterocycles. The van der Waals surface area contributed by atoms with Gasteiger partial charge in [-0.05, 0) is 51.6 Å². The minimum absolute atomic E-state index is 0.469. The second-order valence-electron chi connectivity index (χ2n) is 12.6. The molecule has 0 unspecified atom stereocenters. The molecule has 10 rings (SSSR count). The lowest BCUT2D eigenvalue weighted by molar-refractivity contribution is 0.723. The van der Waals surface area contributed by atoms with Gasteiger partial charge in [-0.1, -0.05) is 157 Å². The summed E-state index contributed by atoms with van der Waals surface area (Å²) in [5, 5.41) is 0. The van der Waals surface area contributed by atoms with E-state index in [1.807, 2.05) is 84.7 Å². The Labute approximate surface area is 294 Å². The maximum Gasteiger partial charge on any atom is 0.166 e. The maximum absolute atomic E-state index is 5.10. The van der Waals surface area contributed by atoms with Crippen LogP contribution in [-0.4, -0.2) is 19.9 Å². The average molecular weight is 657 g/mol. The summed E-state index contributed by atoms with van der Waals surface area (Å²) in [5.74, 6) is 1.84. The molecular weight excluding hydrogens is 629 g/mol. The third kappa shape index (κ3) is 4.27. The Kier molecular flexibility index (Phi) is 6.61. The molecule has 0 amide bonds. The van der Waals surface area contributed by atoms with E-state index in [1.54, 1.807) is 0 Å². The third-order valence-electron chi connectivity index (χ3n) is 9.88. The van der Waals surface area contributed by atoms with Crippen molar-refractivity contribution in [2.45, 2.75) is 15.2 Å². The van der Waals surface area contributed by atoms with Crippen LogP contribution in [0.3, 0.4) is 0 Å². The highest BCUT2D eigenvalue weighted by Crippen LogP contribution is 2.63. The standard InChI is InChI=1S/C45H28N4S/c1-3-15-29(16-4-1)42-47-43(30-17-5-2-6-18-30)49-44(48-42)34-22-14-28-46-40(34)33-21-13-26-38-41(33)50-39-27-12-11-25-37(39)45(38)35-23-9-7-19-31(35)32-20-8-10-24-36(32)45/h1-28H. The Hall–Kier alpha value is -6.17. The van der Waals surface area contributed by atoms with Crippen LogP contribution < -0.4 is 0 Å². The zero-order chi connectivity index (χ0) is 33.1. The molecule has 0 saturated heterocycles. The molecule has 0 N–H and O–H groups in total. The fraction of sp³-hybridized carbons (Fsp3) is 0.0222. The molecule has 0 radical (unpaired) electrons. The molecule has 1 aliphatic heterocycles. The van der Waals surface area contributed by atoms with Crippen LogP contribution in [0.1, 0.15) is 22.3 Å². The summed E-state index contributed by atoms with van der Waals surface area (Å²) in [6, 6.07) is 57.6. The first kappa shape index (κ1) is 28.8. The van der Waals surface area contributed by atoms with Crippen molar-refractivity contribution in [3.05, 3.63) is 192 Å². The number of benzene rings is 6. The fourth-order valence-electron chi connectivity index (χ4n) is 7.79. The molecular formula is C45H28N4S. The zero-order valence-corrected chi connectivity index (χ0v) is 27.7. The lowest BCUT2D eigenvalue weighted by Gasteiger charge is -2.40. The highest BCUT2D eigenvalue weighted by atomic mass is 32.2. The molecule has 0 atom stereocenters. The Morgan fingerprint density at radius 2 is 0.880 bits per heavy atom. The van der Waals surface area contributed by atoms with Crippen LogP contribution in [0.2, 0.25) is 0 Å². The lowest BCUT2D eigenvalue weighted by atomic mass is 9.67. The number of pyridine rings is 1. The number of nitrogens with zero attached hydrogens (tertiary/aromatic N) is 4. The van der Waals surface area contributed by atoms with Crippen molar-refractivity contribution < 1.29 is 0 Å². The summed E-state index contributed by atoms with van der Waals surface area (Å²) in [6.45, 7) is 0. The van der Waals surface area contributed by atoms with Crippen LogP contribution >= 0.6 is 11.8 Å². The molecule has 234 valence electrons. The largest absolute Gasteiger partial charge is 0.255 e. The maximum atomic E-state index is 5.10. The van der Waals surface area contributed by atoms with E-state index in [2.05, 4.69) is 97.1 Å². The molecule has 0 fully saturated rings. The molecule has 4 nitrogen and oxygen atoms in total. The zero-order valence-electron chi connectivity index (χ0n) is 26.9. The van der Waals surface area contributed by atoms with Crippen molar-refractivity contribution in [3.63, 3.8) is 0 Å². The normalized spacial score (nSPS) is 13.3. The number of hydrogen-bond donors (Lipinski definition) is 0. The highest BCUT2D eigenvalue weighted by molar-refractivity contribution is 7.99. The van der Waals surface area contributed by atoms with E-state index in [4.69, 9.17) is 19.9 Å². The molecule has 5 heteroatoms. The van der Waals surface area contributed by atoms with Crippen LogP contribution in [-0.2, 0) is 5.41 Å². The van der Waals surface area contributed by atoms with Crippen molar-refractivity contribution in [3.8, 4) is 56.5 Å². The van der Waals surface area contributed by atoms with E-state index in [-0.39, 0.29) is 0 Å². The highest BCUT2D eigenvalue weighted by Gasteiger charge is 2.50. The van der Waals surface area contributed by atoms with Gasteiger partial charge in [0.2, 0.25) is 0 Å². The Balaban J connectivity index is 1.23. The molecule has 6 aromatic carbocycles.